The van der Waals surface area contributed by atoms with E-state index in [0.29, 0.717) is 17.5 Å². The molecule has 0 fully saturated rings. The van der Waals surface area contributed by atoms with Gasteiger partial charge in [-0.05, 0) is 71.5 Å². The van der Waals surface area contributed by atoms with Crippen LogP contribution in [0.5, 0.6) is 17.2 Å². The lowest BCUT2D eigenvalue weighted by Gasteiger charge is -2.41. The number of esters is 1. The summed E-state index contributed by atoms with van der Waals surface area (Å²) < 4.78 is 16.5. The normalized spacial score (nSPS) is 14.3. The molecule has 3 aromatic rings. The quantitative estimate of drug-likeness (QED) is 0.201. The Morgan fingerprint density at radius 3 is 2.18 bits per heavy atom. The predicted octanol–water partition coefficient (Wildman–Crippen LogP) is 7.40. The molecule has 0 N–H and O–H groups in total. The first-order valence-electron chi connectivity index (χ1n) is 14.0. The molecule has 0 aliphatic carbocycles. The maximum Gasteiger partial charge on any atom is 0.390 e. The Morgan fingerprint density at radius 2 is 1.51 bits per heavy atom. The number of hydrogen-bond acceptors (Lipinski definition) is 5. The average Bonchev–Trinajstić information content (AvgIpc) is 3.02. The highest BCUT2D eigenvalue weighted by Crippen LogP contribution is 2.42. The Bertz CT molecular complexity index is 1260. The number of rotatable bonds is 3. The number of nitrogens with zero attached hydrogens (tertiary/aromatic N) is 1. The van der Waals surface area contributed by atoms with E-state index in [1.54, 1.807) is 14.2 Å². The van der Waals surface area contributed by atoms with Crippen molar-refractivity contribution in [2.24, 2.45) is 0 Å². The van der Waals surface area contributed by atoms with E-state index in [0.717, 1.165) is 37.2 Å². The van der Waals surface area contributed by atoms with Crippen LogP contribution in [0.4, 0.5) is 0 Å². The zero-order valence-electron chi connectivity index (χ0n) is 24.8. The van der Waals surface area contributed by atoms with Crippen molar-refractivity contribution < 1.29 is 19.0 Å². The Hall–Kier alpha value is -3.75. The van der Waals surface area contributed by atoms with Gasteiger partial charge >= 0.3 is 5.97 Å². The SMILES string of the molecule is CC.CC.CC.COc1ccc2c(c1)CCN1Cc3cc(OC)c(OC(=O)C#Cc4ccccc4)cc3CC21. The largest absolute Gasteiger partial charge is 0.497 e. The van der Waals surface area contributed by atoms with Gasteiger partial charge in [0.2, 0.25) is 0 Å². The van der Waals surface area contributed by atoms with Gasteiger partial charge in [-0.1, -0.05) is 71.7 Å². The Balaban J connectivity index is 0.000000833. The summed E-state index contributed by atoms with van der Waals surface area (Å²) in [5.74, 6) is 6.64. The van der Waals surface area contributed by atoms with Gasteiger partial charge in [-0.2, -0.15) is 0 Å². The number of carbonyl (C=O) groups excluding carboxylic acids is 1. The molecule has 1 atom stereocenters. The van der Waals surface area contributed by atoms with E-state index in [4.69, 9.17) is 14.2 Å². The fourth-order valence-corrected chi connectivity index (χ4v) is 4.71. The smallest absolute Gasteiger partial charge is 0.390 e. The van der Waals surface area contributed by atoms with Gasteiger partial charge in [-0.25, -0.2) is 4.79 Å². The van der Waals surface area contributed by atoms with Crippen molar-refractivity contribution >= 4 is 5.97 Å². The van der Waals surface area contributed by atoms with Crippen molar-refractivity contribution in [1.29, 1.82) is 0 Å². The third-order valence-corrected chi connectivity index (χ3v) is 6.38. The van der Waals surface area contributed by atoms with E-state index in [1.807, 2.05) is 90.1 Å². The minimum atomic E-state index is -0.607. The van der Waals surface area contributed by atoms with Gasteiger partial charge in [0.25, 0.3) is 0 Å². The number of fused-ring (bicyclic) bond motifs is 4. The zero-order valence-corrected chi connectivity index (χ0v) is 24.8. The second kappa shape index (κ2) is 16.3. The van der Waals surface area contributed by atoms with Gasteiger partial charge in [-0.15, -0.1) is 0 Å². The molecule has 5 rings (SSSR count). The summed E-state index contributed by atoms with van der Waals surface area (Å²) >= 11 is 0. The summed E-state index contributed by atoms with van der Waals surface area (Å²) in [6.07, 6.45) is 1.85. The molecule has 39 heavy (non-hydrogen) atoms. The lowest BCUT2D eigenvalue weighted by molar-refractivity contribution is -0.128. The van der Waals surface area contributed by atoms with E-state index in [-0.39, 0.29) is 0 Å². The lowest BCUT2D eigenvalue weighted by atomic mass is 9.84. The van der Waals surface area contributed by atoms with Crippen molar-refractivity contribution in [2.45, 2.75) is 67.0 Å². The molecule has 0 spiro atoms. The van der Waals surface area contributed by atoms with Crippen LogP contribution in [0.1, 0.15) is 75.4 Å². The third-order valence-electron chi connectivity index (χ3n) is 6.38. The molecule has 0 saturated carbocycles. The fourth-order valence-electron chi connectivity index (χ4n) is 4.71. The van der Waals surface area contributed by atoms with Crippen LogP contribution >= 0.6 is 0 Å². The summed E-state index contributed by atoms with van der Waals surface area (Å²) in [5, 5.41) is 0. The molecule has 3 aromatic carbocycles. The topological polar surface area (TPSA) is 48.0 Å². The highest BCUT2D eigenvalue weighted by Gasteiger charge is 2.33. The molecular formula is C34H43NO4. The molecule has 2 heterocycles. The van der Waals surface area contributed by atoms with Crippen LogP contribution < -0.4 is 14.2 Å². The average molecular weight is 530 g/mol. The van der Waals surface area contributed by atoms with Crippen LogP contribution in [0.2, 0.25) is 0 Å². The summed E-state index contributed by atoms with van der Waals surface area (Å²) in [5.41, 5.74) is 5.82. The molecule has 208 valence electrons. The first kappa shape index (κ1) is 31.5. The highest BCUT2D eigenvalue weighted by atomic mass is 16.6. The van der Waals surface area contributed by atoms with E-state index in [9.17, 15) is 4.79 Å². The van der Waals surface area contributed by atoms with Gasteiger partial charge in [0, 0.05) is 30.6 Å². The van der Waals surface area contributed by atoms with E-state index >= 15 is 0 Å². The summed E-state index contributed by atoms with van der Waals surface area (Å²) in [6, 6.07) is 19.9. The highest BCUT2D eigenvalue weighted by molar-refractivity contribution is 5.91. The molecule has 0 aromatic heterocycles. The molecule has 2 aliphatic rings. The number of ether oxygens (including phenoxy) is 3. The Labute approximate surface area is 235 Å². The van der Waals surface area contributed by atoms with Gasteiger partial charge in [-0.3, -0.25) is 4.90 Å². The van der Waals surface area contributed by atoms with Crippen molar-refractivity contribution in [3.8, 4) is 29.1 Å². The van der Waals surface area contributed by atoms with Crippen molar-refractivity contribution in [1.82, 2.24) is 4.90 Å². The second-order valence-corrected chi connectivity index (χ2v) is 8.28. The first-order chi connectivity index (χ1) is 19.1. The van der Waals surface area contributed by atoms with Crippen LogP contribution in [0, 0.1) is 11.8 Å². The summed E-state index contributed by atoms with van der Waals surface area (Å²) in [7, 11) is 3.29. The molecule has 5 nitrogen and oxygen atoms in total. The molecule has 0 radical (unpaired) electrons. The van der Waals surface area contributed by atoms with Crippen LogP contribution in [0.15, 0.2) is 60.7 Å². The van der Waals surface area contributed by atoms with E-state index in [1.165, 1.54) is 22.3 Å². The molecule has 5 heteroatoms. The van der Waals surface area contributed by atoms with Crippen LogP contribution in [0.25, 0.3) is 0 Å². The monoisotopic (exact) mass is 529 g/mol. The lowest BCUT2D eigenvalue weighted by Crippen LogP contribution is -2.39. The van der Waals surface area contributed by atoms with Gasteiger partial charge in [0.05, 0.1) is 14.2 Å². The van der Waals surface area contributed by atoms with Crippen LogP contribution in [-0.4, -0.2) is 31.6 Å². The van der Waals surface area contributed by atoms with Crippen molar-refractivity contribution in [3.63, 3.8) is 0 Å². The van der Waals surface area contributed by atoms with Gasteiger partial charge < -0.3 is 14.2 Å². The molecule has 1 unspecified atom stereocenters. The minimum absolute atomic E-state index is 0.293. The molecule has 0 saturated heterocycles. The van der Waals surface area contributed by atoms with E-state index in [2.05, 4.69) is 28.9 Å². The fraction of sp³-hybridized carbons (Fsp3) is 0.382. The number of carbonyl (C=O) groups is 1. The van der Waals surface area contributed by atoms with Crippen LogP contribution in [0.3, 0.4) is 0 Å². The maximum absolute atomic E-state index is 12.4. The minimum Gasteiger partial charge on any atom is -0.497 e. The molecule has 2 aliphatic heterocycles. The van der Waals surface area contributed by atoms with Crippen LogP contribution in [-0.2, 0) is 24.2 Å². The molecular weight excluding hydrogens is 486 g/mol. The Kier molecular flexibility index (Phi) is 13.1. The first-order valence-corrected chi connectivity index (χ1v) is 14.0. The number of methoxy groups -OCH3 is 2. The Morgan fingerprint density at radius 1 is 0.821 bits per heavy atom. The standard InChI is InChI=1S/C28H25NO4.3C2H6/c1-31-23-9-10-24-20(14-23)12-13-29-18-22-17-26(32-2)27(16-21(22)15-25(24)29)33-28(30)11-8-19-6-4-3-5-7-19;3*1-2/h3-7,9-10,14,16-17,25H,12-13,15,18H2,1-2H3;3*1-2H3. The van der Waals surface area contributed by atoms with Gasteiger partial charge in [0.1, 0.15) is 5.75 Å². The zero-order chi connectivity index (χ0) is 28.8. The third kappa shape index (κ3) is 7.88. The summed E-state index contributed by atoms with van der Waals surface area (Å²) in [6.45, 7) is 13.8. The maximum atomic E-state index is 12.4. The summed E-state index contributed by atoms with van der Waals surface area (Å²) in [4.78, 5) is 14.9. The number of hydrogen-bond donors (Lipinski definition) is 0. The van der Waals surface area contributed by atoms with Gasteiger partial charge in [0.15, 0.2) is 11.5 Å². The van der Waals surface area contributed by atoms with E-state index < -0.39 is 5.97 Å². The number of benzene rings is 3. The van der Waals surface area contributed by atoms with Crippen molar-refractivity contribution in [3.05, 3.63) is 88.5 Å². The van der Waals surface area contributed by atoms with Crippen molar-refractivity contribution in [2.75, 3.05) is 20.8 Å². The molecule has 0 bridgehead atoms. The molecule has 0 amide bonds. The predicted molar refractivity (Wildman–Crippen MR) is 160 cm³/mol. The second-order valence-electron chi connectivity index (χ2n) is 8.28.